The number of carbonyl (C=O) groups excluding carboxylic acids is 2. The number of hydrogen-bond acceptors (Lipinski definition) is 3. The second-order valence-electron chi connectivity index (χ2n) is 5.53. The van der Waals surface area contributed by atoms with Crippen LogP contribution >= 0.6 is 0 Å². The Bertz CT molecular complexity index is 655. The zero-order chi connectivity index (χ0) is 15.6. The van der Waals surface area contributed by atoms with E-state index in [1.807, 2.05) is 0 Å². The van der Waals surface area contributed by atoms with Crippen LogP contribution < -0.4 is 4.90 Å². The van der Waals surface area contributed by atoms with Crippen LogP contribution in [-0.2, 0) is 9.59 Å². The van der Waals surface area contributed by atoms with Crippen molar-refractivity contribution in [2.45, 2.75) is 26.7 Å². The van der Waals surface area contributed by atoms with E-state index in [1.165, 1.54) is 18.2 Å². The molecule has 2 amide bonds. The molecule has 0 aliphatic carbocycles. The lowest BCUT2D eigenvalue weighted by Crippen LogP contribution is -2.33. The zero-order valence-electron chi connectivity index (χ0n) is 11.9. The Balaban J connectivity index is 2.47. The summed E-state index contributed by atoms with van der Waals surface area (Å²) >= 11 is 0. The van der Waals surface area contributed by atoms with Crippen molar-refractivity contribution in [3.63, 3.8) is 0 Å². The summed E-state index contributed by atoms with van der Waals surface area (Å²) in [5.41, 5.74) is -0.202. The van der Waals surface area contributed by atoms with Crippen molar-refractivity contribution in [2.75, 3.05) is 11.5 Å². The maximum atomic E-state index is 13.4. The number of carbonyl (C=O) groups is 2. The van der Waals surface area contributed by atoms with E-state index in [0.717, 1.165) is 4.90 Å². The van der Waals surface area contributed by atoms with Gasteiger partial charge in [-0.2, -0.15) is 0 Å². The molecule has 1 fully saturated rings. The molecule has 1 aliphatic heterocycles. The van der Waals surface area contributed by atoms with Gasteiger partial charge in [0.2, 0.25) is 11.8 Å². The van der Waals surface area contributed by atoms with Crippen molar-refractivity contribution in [3.8, 4) is 11.8 Å². The van der Waals surface area contributed by atoms with E-state index in [4.69, 9.17) is 5.11 Å². The Morgan fingerprint density at radius 3 is 2.67 bits per heavy atom. The van der Waals surface area contributed by atoms with Gasteiger partial charge in [-0.15, -0.1) is 0 Å². The monoisotopic (exact) mass is 289 g/mol. The van der Waals surface area contributed by atoms with Gasteiger partial charge in [0.1, 0.15) is 5.82 Å². The molecule has 0 bridgehead atoms. The second kappa shape index (κ2) is 5.66. The van der Waals surface area contributed by atoms with E-state index in [1.54, 1.807) is 13.8 Å². The van der Waals surface area contributed by atoms with Crippen molar-refractivity contribution < 1.29 is 19.1 Å². The summed E-state index contributed by atoms with van der Waals surface area (Å²) in [6.45, 7) is 3.30. The molecule has 21 heavy (non-hydrogen) atoms. The third kappa shape index (κ3) is 2.96. The SMILES string of the molecule is CC1(C)CC(=O)N(c2ccc(F)cc2C#CCCO)C1=O. The lowest BCUT2D eigenvalue weighted by atomic mass is 9.92. The van der Waals surface area contributed by atoms with Gasteiger partial charge >= 0.3 is 0 Å². The van der Waals surface area contributed by atoms with Gasteiger partial charge in [-0.05, 0) is 18.2 Å². The number of anilines is 1. The van der Waals surface area contributed by atoms with Crippen LogP contribution in [0.1, 0.15) is 32.3 Å². The summed E-state index contributed by atoms with van der Waals surface area (Å²) < 4.78 is 13.4. The largest absolute Gasteiger partial charge is 0.395 e. The molecule has 110 valence electrons. The zero-order valence-corrected chi connectivity index (χ0v) is 11.9. The maximum absolute atomic E-state index is 13.4. The molecule has 0 saturated carbocycles. The first-order valence-electron chi connectivity index (χ1n) is 6.63. The number of rotatable bonds is 2. The van der Waals surface area contributed by atoms with Gasteiger partial charge in [0.15, 0.2) is 0 Å². The highest BCUT2D eigenvalue weighted by Gasteiger charge is 2.46. The van der Waals surface area contributed by atoms with Crippen LogP contribution in [0.4, 0.5) is 10.1 Å². The Kier molecular flexibility index (Phi) is 4.10. The number of imide groups is 1. The first kappa shape index (κ1) is 15.2. The standard InChI is InChI=1S/C16H16FNO3/c1-16(2)10-14(20)18(15(16)21)13-7-6-12(17)9-11(13)5-3-4-8-19/h6-7,9,19H,4,8,10H2,1-2H3. The third-order valence-electron chi connectivity index (χ3n) is 3.28. The average Bonchev–Trinajstić information content (AvgIpc) is 2.60. The molecule has 4 nitrogen and oxygen atoms in total. The van der Waals surface area contributed by atoms with E-state index in [9.17, 15) is 14.0 Å². The number of amides is 2. The van der Waals surface area contributed by atoms with Gasteiger partial charge in [0.25, 0.3) is 0 Å². The summed E-state index contributed by atoms with van der Waals surface area (Å²) in [5, 5.41) is 8.74. The molecule has 0 atom stereocenters. The number of aliphatic hydroxyl groups excluding tert-OH is 1. The van der Waals surface area contributed by atoms with Crippen molar-refractivity contribution in [2.24, 2.45) is 5.41 Å². The highest BCUT2D eigenvalue weighted by molar-refractivity contribution is 6.22. The van der Waals surface area contributed by atoms with Crippen LogP contribution in [0.25, 0.3) is 0 Å². The molecule has 1 heterocycles. The summed E-state index contributed by atoms with van der Waals surface area (Å²) in [5.74, 6) is 4.25. The summed E-state index contributed by atoms with van der Waals surface area (Å²) in [6, 6.07) is 3.76. The lowest BCUT2D eigenvalue weighted by Gasteiger charge is -2.19. The average molecular weight is 289 g/mol. The molecular formula is C16H16FNO3. The van der Waals surface area contributed by atoms with Crippen LogP contribution in [0.15, 0.2) is 18.2 Å². The van der Waals surface area contributed by atoms with Gasteiger partial charge in [0, 0.05) is 12.8 Å². The van der Waals surface area contributed by atoms with Crippen LogP contribution in [0, 0.1) is 23.1 Å². The van der Waals surface area contributed by atoms with E-state index in [-0.39, 0.29) is 36.8 Å². The quantitative estimate of drug-likeness (QED) is 0.667. The van der Waals surface area contributed by atoms with Crippen molar-refractivity contribution in [3.05, 3.63) is 29.6 Å². The predicted octanol–water partition coefficient (Wildman–Crippen LogP) is 1.85. The predicted molar refractivity (Wildman–Crippen MR) is 75.9 cm³/mol. The fourth-order valence-corrected chi connectivity index (χ4v) is 2.21. The lowest BCUT2D eigenvalue weighted by molar-refractivity contribution is -0.124. The first-order chi connectivity index (χ1) is 9.86. The molecule has 0 unspecified atom stereocenters. The maximum Gasteiger partial charge on any atom is 0.239 e. The number of halogens is 1. The van der Waals surface area contributed by atoms with Gasteiger partial charge in [-0.25, -0.2) is 9.29 Å². The van der Waals surface area contributed by atoms with Gasteiger partial charge in [0.05, 0.1) is 23.3 Å². The Hall–Kier alpha value is -2.19. The topological polar surface area (TPSA) is 57.6 Å². The fourth-order valence-electron chi connectivity index (χ4n) is 2.21. The molecule has 5 heteroatoms. The minimum Gasteiger partial charge on any atom is -0.395 e. The molecule has 1 aromatic carbocycles. The minimum atomic E-state index is -0.763. The Labute approximate surface area is 122 Å². The van der Waals surface area contributed by atoms with E-state index in [0.29, 0.717) is 5.69 Å². The molecular weight excluding hydrogens is 273 g/mol. The molecule has 0 spiro atoms. The third-order valence-corrected chi connectivity index (χ3v) is 3.28. The van der Waals surface area contributed by atoms with Gasteiger partial charge in [-0.3, -0.25) is 9.59 Å². The van der Waals surface area contributed by atoms with E-state index < -0.39 is 11.2 Å². The summed E-state index contributed by atoms with van der Waals surface area (Å²) in [7, 11) is 0. The number of aliphatic hydroxyl groups is 1. The van der Waals surface area contributed by atoms with Gasteiger partial charge in [-0.1, -0.05) is 25.7 Å². The van der Waals surface area contributed by atoms with Crippen LogP contribution in [0.3, 0.4) is 0 Å². The van der Waals surface area contributed by atoms with Crippen molar-refractivity contribution >= 4 is 17.5 Å². The smallest absolute Gasteiger partial charge is 0.239 e. The minimum absolute atomic E-state index is 0.105. The molecule has 0 radical (unpaired) electrons. The van der Waals surface area contributed by atoms with Gasteiger partial charge < -0.3 is 5.11 Å². The van der Waals surface area contributed by atoms with Crippen molar-refractivity contribution in [1.29, 1.82) is 0 Å². The second-order valence-corrected chi connectivity index (χ2v) is 5.53. The summed E-state index contributed by atoms with van der Waals surface area (Å²) in [4.78, 5) is 25.5. The fraction of sp³-hybridized carbons (Fsp3) is 0.375. The van der Waals surface area contributed by atoms with E-state index in [2.05, 4.69) is 11.8 Å². The molecule has 1 N–H and O–H groups in total. The molecule has 0 aromatic heterocycles. The van der Waals surface area contributed by atoms with Crippen molar-refractivity contribution in [1.82, 2.24) is 0 Å². The highest BCUT2D eigenvalue weighted by atomic mass is 19.1. The number of benzene rings is 1. The molecule has 1 aliphatic rings. The van der Waals surface area contributed by atoms with Crippen LogP contribution in [0.5, 0.6) is 0 Å². The van der Waals surface area contributed by atoms with E-state index >= 15 is 0 Å². The number of hydrogen-bond donors (Lipinski definition) is 1. The Morgan fingerprint density at radius 1 is 1.38 bits per heavy atom. The highest BCUT2D eigenvalue weighted by Crippen LogP contribution is 2.36. The van der Waals surface area contributed by atoms with Crippen LogP contribution in [-0.4, -0.2) is 23.5 Å². The molecule has 2 rings (SSSR count). The first-order valence-corrected chi connectivity index (χ1v) is 6.63. The Morgan fingerprint density at radius 2 is 2.10 bits per heavy atom. The molecule has 1 saturated heterocycles. The summed E-state index contributed by atoms with van der Waals surface area (Å²) in [6.07, 6.45) is 0.357. The van der Waals surface area contributed by atoms with Crippen LogP contribution in [0.2, 0.25) is 0 Å². The normalized spacial score (nSPS) is 16.9. The number of nitrogens with zero attached hydrogens (tertiary/aromatic N) is 1. The molecule has 1 aromatic rings.